The standard InChI is InChI=1S/C36H76N2/c1-5-7-9-11-13-15-17-19-21-23-25-29-33-37(3)35-31-27-28-32-36-38(4)34-30-26-24-22-20-18-16-14-12-10-8-6-2/h5-36H2,1-4H3. The molecular formula is C36H76N2. The van der Waals surface area contributed by atoms with Gasteiger partial charge in [0, 0.05) is 0 Å². The Balaban J connectivity index is 3.25. The molecule has 2 nitrogen and oxygen atoms in total. The number of nitrogens with zero attached hydrogens (tertiary/aromatic N) is 2. The van der Waals surface area contributed by atoms with Crippen molar-refractivity contribution in [2.45, 2.75) is 194 Å². The van der Waals surface area contributed by atoms with E-state index >= 15 is 0 Å². The number of rotatable bonds is 33. The van der Waals surface area contributed by atoms with Gasteiger partial charge in [-0.15, -0.1) is 0 Å². The van der Waals surface area contributed by atoms with Crippen molar-refractivity contribution in [2.75, 3.05) is 40.3 Å². The maximum atomic E-state index is 2.58. The molecule has 0 aliphatic carbocycles. The molecule has 230 valence electrons. The fourth-order valence-electron chi connectivity index (χ4n) is 5.79. The fraction of sp³-hybridized carbons (Fsp3) is 1.00. The average molecular weight is 537 g/mol. The lowest BCUT2D eigenvalue weighted by Crippen LogP contribution is -2.22. The highest BCUT2D eigenvalue weighted by atomic mass is 15.1. The van der Waals surface area contributed by atoms with Crippen LogP contribution in [0.2, 0.25) is 0 Å². The molecule has 0 aromatic rings. The zero-order valence-electron chi connectivity index (χ0n) is 27.5. The normalized spacial score (nSPS) is 11.8. The highest BCUT2D eigenvalue weighted by molar-refractivity contribution is 4.57. The van der Waals surface area contributed by atoms with Gasteiger partial charge in [0.05, 0.1) is 0 Å². The van der Waals surface area contributed by atoms with Crippen LogP contribution in [0.1, 0.15) is 194 Å². The van der Waals surface area contributed by atoms with Crippen LogP contribution < -0.4 is 0 Å². The molecule has 0 aromatic heterocycles. The van der Waals surface area contributed by atoms with E-state index in [1.807, 2.05) is 0 Å². The first-order valence-corrected chi connectivity index (χ1v) is 18.1. The van der Waals surface area contributed by atoms with Crippen molar-refractivity contribution in [1.29, 1.82) is 0 Å². The topological polar surface area (TPSA) is 6.48 Å². The molecule has 0 aromatic carbocycles. The lowest BCUT2D eigenvalue weighted by Gasteiger charge is -2.17. The maximum Gasteiger partial charge on any atom is -0.00218 e. The van der Waals surface area contributed by atoms with Crippen LogP contribution in [0, 0.1) is 0 Å². The van der Waals surface area contributed by atoms with Gasteiger partial charge in [0.2, 0.25) is 0 Å². The van der Waals surface area contributed by atoms with E-state index in [0.717, 1.165) is 0 Å². The number of hydrogen-bond acceptors (Lipinski definition) is 2. The highest BCUT2D eigenvalue weighted by Crippen LogP contribution is 2.13. The smallest absolute Gasteiger partial charge is 0.00218 e. The molecular weight excluding hydrogens is 460 g/mol. The van der Waals surface area contributed by atoms with E-state index in [1.54, 1.807) is 0 Å². The molecule has 0 bridgehead atoms. The molecule has 0 atom stereocenters. The van der Waals surface area contributed by atoms with E-state index in [9.17, 15) is 0 Å². The zero-order chi connectivity index (χ0) is 27.8. The quantitative estimate of drug-likeness (QED) is 0.0769. The molecule has 2 heteroatoms. The van der Waals surface area contributed by atoms with E-state index in [2.05, 4.69) is 37.7 Å². The van der Waals surface area contributed by atoms with Gasteiger partial charge in [-0.25, -0.2) is 0 Å². The SMILES string of the molecule is CCCCCCCCCCCCCCN(C)CCCCCCN(C)CCCCCCCCCCCCCC. The summed E-state index contributed by atoms with van der Waals surface area (Å²) in [7, 11) is 4.67. The van der Waals surface area contributed by atoms with Crippen LogP contribution in [0.25, 0.3) is 0 Å². The molecule has 0 radical (unpaired) electrons. The summed E-state index contributed by atoms with van der Waals surface area (Å²) in [5.41, 5.74) is 0. The Morgan fingerprint density at radius 1 is 0.237 bits per heavy atom. The molecule has 38 heavy (non-hydrogen) atoms. The highest BCUT2D eigenvalue weighted by Gasteiger charge is 2.01. The molecule has 0 unspecified atom stereocenters. The van der Waals surface area contributed by atoms with Crippen LogP contribution in [0.3, 0.4) is 0 Å². The molecule has 0 saturated carbocycles. The minimum atomic E-state index is 1.30. The van der Waals surface area contributed by atoms with Gasteiger partial charge >= 0.3 is 0 Å². The van der Waals surface area contributed by atoms with Crippen LogP contribution in [0.15, 0.2) is 0 Å². The summed E-state index contributed by atoms with van der Waals surface area (Å²) in [5, 5.41) is 0. The van der Waals surface area contributed by atoms with E-state index in [1.165, 1.54) is 206 Å². The fourth-order valence-corrected chi connectivity index (χ4v) is 5.79. The average Bonchev–Trinajstić information content (AvgIpc) is 2.91. The molecule has 0 heterocycles. The second-order valence-corrected chi connectivity index (χ2v) is 12.8. The van der Waals surface area contributed by atoms with Crippen molar-refractivity contribution in [3.05, 3.63) is 0 Å². The van der Waals surface area contributed by atoms with Gasteiger partial charge in [0.1, 0.15) is 0 Å². The molecule has 0 amide bonds. The van der Waals surface area contributed by atoms with Crippen LogP contribution >= 0.6 is 0 Å². The molecule has 0 aliphatic heterocycles. The Morgan fingerprint density at radius 3 is 0.579 bits per heavy atom. The molecule has 0 aliphatic rings. The predicted molar refractivity (Wildman–Crippen MR) is 176 cm³/mol. The minimum Gasteiger partial charge on any atom is -0.306 e. The van der Waals surface area contributed by atoms with Crippen molar-refractivity contribution in [3.63, 3.8) is 0 Å². The summed E-state index contributed by atoms with van der Waals surface area (Å²) in [6, 6.07) is 0. The first-order chi connectivity index (χ1) is 18.7. The predicted octanol–water partition coefficient (Wildman–Crippen LogP) is 11.8. The number of unbranched alkanes of at least 4 members (excludes halogenated alkanes) is 25. The zero-order valence-corrected chi connectivity index (χ0v) is 27.5. The van der Waals surface area contributed by atoms with Gasteiger partial charge in [-0.3, -0.25) is 0 Å². The van der Waals surface area contributed by atoms with Crippen LogP contribution in [-0.4, -0.2) is 50.1 Å². The van der Waals surface area contributed by atoms with Crippen LogP contribution in [0.5, 0.6) is 0 Å². The summed E-state index contributed by atoms with van der Waals surface area (Å²) in [4.78, 5) is 5.16. The van der Waals surface area contributed by atoms with Gasteiger partial charge in [-0.05, 0) is 66.0 Å². The molecule has 0 fully saturated rings. The first kappa shape index (κ1) is 37.9. The molecule has 0 rings (SSSR count). The first-order valence-electron chi connectivity index (χ1n) is 18.1. The van der Waals surface area contributed by atoms with Gasteiger partial charge in [-0.1, -0.05) is 168 Å². The third-order valence-corrected chi connectivity index (χ3v) is 8.62. The van der Waals surface area contributed by atoms with Crippen LogP contribution in [-0.2, 0) is 0 Å². The van der Waals surface area contributed by atoms with Gasteiger partial charge in [0.15, 0.2) is 0 Å². The Hall–Kier alpha value is -0.0800. The van der Waals surface area contributed by atoms with Gasteiger partial charge in [-0.2, -0.15) is 0 Å². The summed E-state index contributed by atoms with van der Waals surface area (Å²) < 4.78 is 0. The second-order valence-electron chi connectivity index (χ2n) is 12.8. The minimum absolute atomic E-state index is 1.30. The largest absolute Gasteiger partial charge is 0.306 e. The monoisotopic (exact) mass is 537 g/mol. The Bertz CT molecular complexity index is 372. The Kier molecular flexibility index (Phi) is 33.1. The van der Waals surface area contributed by atoms with Crippen molar-refractivity contribution in [1.82, 2.24) is 9.80 Å². The summed E-state index contributed by atoms with van der Waals surface area (Å²) >= 11 is 0. The molecule has 0 N–H and O–H groups in total. The van der Waals surface area contributed by atoms with Crippen molar-refractivity contribution in [3.8, 4) is 0 Å². The van der Waals surface area contributed by atoms with Crippen molar-refractivity contribution >= 4 is 0 Å². The number of hydrogen-bond donors (Lipinski definition) is 0. The lowest BCUT2D eigenvalue weighted by molar-refractivity contribution is 0.301. The third-order valence-electron chi connectivity index (χ3n) is 8.62. The van der Waals surface area contributed by atoms with Crippen molar-refractivity contribution in [2.24, 2.45) is 0 Å². The summed E-state index contributed by atoms with van der Waals surface area (Å²) in [6.45, 7) is 9.82. The molecule has 0 spiro atoms. The van der Waals surface area contributed by atoms with Gasteiger partial charge in [0.25, 0.3) is 0 Å². The second kappa shape index (κ2) is 33.1. The lowest BCUT2D eigenvalue weighted by atomic mass is 10.1. The van der Waals surface area contributed by atoms with Gasteiger partial charge < -0.3 is 9.80 Å². The van der Waals surface area contributed by atoms with E-state index in [-0.39, 0.29) is 0 Å². The Labute approximate surface area is 243 Å². The Morgan fingerprint density at radius 2 is 0.395 bits per heavy atom. The van der Waals surface area contributed by atoms with E-state index in [4.69, 9.17) is 0 Å². The molecule has 0 saturated heterocycles. The van der Waals surface area contributed by atoms with E-state index < -0.39 is 0 Å². The van der Waals surface area contributed by atoms with E-state index in [0.29, 0.717) is 0 Å². The summed E-state index contributed by atoms with van der Waals surface area (Å²) in [5.74, 6) is 0. The van der Waals surface area contributed by atoms with Crippen molar-refractivity contribution < 1.29 is 0 Å². The third kappa shape index (κ3) is 32.1. The van der Waals surface area contributed by atoms with Crippen LogP contribution in [0.4, 0.5) is 0 Å². The summed E-state index contributed by atoms with van der Waals surface area (Å²) in [6.07, 6.45) is 40.4. The maximum absolute atomic E-state index is 2.58.